The summed E-state index contributed by atoms with van der Waals surface area (Å²) in [4.78, 5) is 14.9. The molecule has 0 radical (unpaired) electrons. The molecular formula is C9H7FN4O. The van der Waals surface area contributed by atoms with Crippen molar-refractivity contribution in [2.45, 2.75) is 0 Å². The fourth-order valence-electron chi connectivity index (χ4n) is 1.07. The molecule has 0 saturated heterocycles. The summed E-state index contributed by atoms with van der Waals surface area (Å²) in [6.45, 7) is 0. The van der Waals surface area contributed by atoms with Crippen molar-refractivity contribution in [3.8, 4) is 0 Å². The topological polar surface area (TPSA) is 70.7 Å². The molecule has 2 aromatic rings. The van der Waals surface area contributed by atoms with Gasteiger partial charge in [0.1, 0.15) is 5.82 Å². The van der Waals surface area contributed by atoms with E-state index in [1.165, 1.54) is 24.5 Å². The smallest absolute Gasteiger partial charge is 0.261 e. The maximum absolute atomic E-state index is 13.1. The zero-order valence-electron chi connectivity index (χ0n) is 7.57. The molecule has 76 valence electrons. The predicted molar refractivity (Wildman–Crippen MR) is 50.7 cm³/mol. The third kappa shape index (κ3) is 1.98. The number of hydrogen-bond donors (Lipinski definition) is 2. The molecule has 6 heteroatoms. The third-order valence-electron chi connectivity index (χ3n) is 1.75. The number of aromatic nitrogens is 3. The number of aromatic amines is 1. The molecule has 0 fully saturated rings. The molecule has 2 heterocycles. The summed E-state index contributed by atoms with van der Waals surface area (Å²) in [6, 6.07) is 4.41. The largest absolute Gasteiger partial charge is 0.307 e. The summed E-state index contributed by atoms with van der Waals surface area (Å²) in [6.07, 6.45) is 2.76. The van der Waals surface area contributed by atoms with Crippen molar-refractivity contribution in [3.63, 3.8) is 0 Å². The Hall–Kier alpha value is -2.24. The zero-order valence-corrected chi connectivity index (χ0v) is 7.57. The molecule has 0 unspecified atom stereocenters. The van der Waals surface area contributed by atoms with E-state index in [4.69, 9.17) is 0 Å². The van der Waals surface area contributed by atoms with Crippen LogP contribution in [0.5, 0.6) is 0 Å². The molecule has 0 aliphatic rings. The number of rotatable bonds is 2. The van der Waals surface area contributed by atoms with E-state index in [2.05, 4.69) is 20.5 Å². The molecule has 5 nitrogen and oxygen atoms in total. The number of pyridine rings is 1. The van der Waals surface area contributed by atoms with Gasteiger partial charge in [0.2, 0.25) is 5.95 Å². The molecule has 0 aliphatic heterocycles. The van der Waals surface area contributed by atoms with Crippen LogP contribution < -0.4 is 5.32 Å². The van der Waals surface area contributed by atoms with Crippen LogP contribution in [0.1, 0.15) is 10.4 Å². The Balaban J connectivity index is 2.19. The number of nitrogens with one attached hydrogen (secondary N) is 2. The first-order valence-electron chi connectivity index (χ1n) is 4.18. The summed E-state index contributed by atoms with van der Waals surface area (Å²) < 4.78 is 13.1. The van der Waals surface area contributed by atoms with E-state index in [0.29, 0.717) is 5.82 Å². The van der Waals surface area contributed by atoms with Crippen molar-refractivity contribution in [1.29, 1.82) is 0 Å². The van der Waals surface area contributed by atoms with Crippen molar-refractivity contribution < 1.29 is 9.18 Å². The second-order valence-electron chi connectivity index (χ2n) is 2.77. The van der Waals surface area contributed by atoms with Gasteiger partial charge in [-0.15, -0.1) is 0 Å². The molecule has 1 amide bonds. The monoisotopic (exact) mass is 206 g/mol. The lowest BCUT2D eigenvalue weighted by atomic mass is 10.2. The normalized spacial score (nSPS) is 9.93. The van der Waals surface area contributed by atoms with Gasteiger partial charge in [0, 0.05) is 12.3 Å². The zero-order chi connectivity index (χ0) is 10.7. The van der Waals surface area contributed by atoms with Crippen molar-refractivity contribution >= 4 is 11.7 Å². The average molecular weight is 206 g/mol. The number of H-pyrrole nitrogens is 1. The van der Waals surface area contributed by atoms with Gasteiger partial charge in [-0.2, -0.15) is 9.49 Å². The Morgan fingerprint density at radius 1 is 1.40 bits per heavy atom. The molecule has 0 atom stereocenters. The number of nitrogens with zero attached hydrogens (tertiary/aromatic N) is 2. The molecule has 0 aromatic carbocycles. The molecule has 15 heavy (non-hydrogen) atoms. The van der Waals surface area contributed by atoms with Crippen LogP contribution in [0, 0.1) is 5.95 Å². The SMILES string of the molecule is O=C(Nc1ccn[nH]1)c1cccnc1F. The number of carbonyl (C=O) groups excluding carboxylic acids is 1. The van der Waals surface area contributed by atoms with Gasteiger partial charge >= 0.3 is 0 Å². The lowest BCUT2D eigenvalue weighted by Crippen LogP contribution is -2.14. The fraction of sp³-hybridized carbons (Fsp3) is 0. The van der Waals surface area contributed by atoms with Crippen LogP contribution in [0.3, 0.4) is 0 Å². The predicted octanol–water partition coefficient (Wildman–Crippen LogP) is 1.20. The van der Waals surface area contributed by atoms with Crippen LogP contribution in [-0.2, 0) is 0 Å². The number of hydrogen-bond acceptors (Lipinski definition) is 3. The van der Waals surface area contributed by atoms with E-state index in [1.54, 1.807) is 6.07 Å². The van der Waals surface area contributed by atoms with Crippen LogP contribution in [0.25, 0.3) is 0 Å². The maximum atomic E-state index is 13.1. The van der Waals surface area contributed by atoms with E-state index in [9.17, 15) is 9.18 Å². The first-order chi connectivity index (χ1) is 7.27. The molecule has 0 aliphatic carbocycles. The highest BCUT2D eigenvalue weighted by molar-refractivity contribution is 6.03. The molecular weight excluding hydrogens is 199 g/mol. The Kier molecular flexibility index (Phi) is 2.40. The Morgan fingerprint density at radius 3 is 2.93 bits per heavy atom. The third-order valence-corrected chi connectivity index (χ3v) is 1.75. The van der Waals surface area contributed by atoms with Crippen LogP contribution in [0.4, 0.5) is 10.2 Å². The van der Waals surface area contributed by atoms with E-state index < -0.39 is 11.9 Å². The number of amides is 1. The molecule has 0 spiro atoms. The Bertz CT molecular complexity index is 469. The summed E-state index contributed by atoms with van der Waals surface area (Å²) >= 11 is 0. The quantitative estimate of drug-likeness (QED) is 0.725. The van der Waals surface area contributed by atoms with Crippen LogP contribution >= 0.6 is 0 Å². The summed E-state index contributed by atoms with van der Waals surface area (Å²) in [5.41, 5.74) is -0.105. The Morgan fingerprint density at radius 2 is 2.27 bits per heavy atom. The molecule has 2 N–H and O–H groups in total. The van der Waals surface area contributed by atoms with Crippen LogP contribution in [0.15, 0.2) is 30.6 Å². The van der Waals surface area contributed by atoms with Gasteiger partial charge in [-0.25, -0.2) is 4.98 Å². The lowest BCUT2D eigenvalue weighted by molar-refractivity contribution is 0.102. The summed E-state index contributed by atoms with van der Waals surface area (Å²) in [7, 11) is 0. The first kappa shape index (κ1) is 9.32. The van der Waals surface area contributed by atoms with Gasteiger partial charge in [-0.1, -0.05) is 0 Å². The highest BCUT2D eigenvalue weighted by Crippen LogP contribution is 2.07. The van der Waals surface area contributed by atoms with Crippen LogP contribution in [0.2, 0.25) is 0 Å². The minimum absolute atomic E-state index is 0.105. The molecule has 2 rings (SSSR count). The van der Waals surface area contributed by atoms with Crippen molar-refractivity contribution in [2.24, 2.45) is 0 Å². The van der Waals surface area contributed by atoms with E-state index in [1.807, 2.05) is 0 Å². The van der Waals surface area contributed by atoms with E-state index >= 15 is 0 Å². The van der Waals surface area contributed by atoms with E-state index in [-0.39, 0.29) is 5.56 Å². The van der Waals surface area contributed by atoms with Gasteiger partial charge in [0.05, 0.1) is 11.8 Å². The molecule has 0 bridgehead atoms. The Labute approximate surface area is 84.3 Å². The first-order valence-corrected chi connectivity index (χ1v) is 4.18. The van der Waals surface area contributed by atoms with Gasteiger partial charge in [0.25, 0.3) is 5.91 Å². The second-order valence-corrected chi connectivity index (χ2v) is 2.77. The number of halogens is 1. The summed E-state index contributed by atoms with van der Waals surface area (Å²) in [5.74, 6) is -0.956. The second kappa shape index (κ2) is 3.87. The average Bonchev–Trinajstić information content (AvgIpc) is 2.71. The van der Waals surface area contributed by atoms with E-state index in [0.717, 1.165) is 0 Å². The summed E-state index contributed by atoms with van der Waals surface area (Å²) in [5, 5.41) is 8.62. The van der Waals surface area contributed by atoms with Crippen molar-refractivity contribution in [3.05, 3.63) is 42.1 Å². The van der Waals surface area contributed by atoms with Crippen molar-refractivity contribution in [2.75, 3.05) is 5.32 Å². The standard InChI is InChI=1S/C9H7FN4O/c10-8-6(2-1-4-11-8)9(15)13-7-3-5-12-14-7/h1-5H,(H2,12,13,14,15). The lowest BCUT2D eigenvalue weighted by Gasteiger charge is -2.01. The number of anilines is 1. The highest BCUT2D eigenvalue weighted by atomic mass is 19.1. The molecule has 2 aromatic heterocycles. The van der Waals surface area contributed by atoms with Crippen LogP contribution in [-0.4, -0.2) is 21.1 Å². The maximum Gasteiger partial charge on any atom is 0.261 e. The molecule has 0 saturated carbocycles. The van der Waals surface area contributed by atoms with Gasteiger partial charge in [0.15, 0.2) is 0 Å². The van der Waals surface area contributed by atoms with Gasteiger partial charge in [-0.05, 0) is 12.1 Å². The highest BCUT2D eigenvalue weighted by Gasteiger charge is 2.12. The van der Waals surface area contributed by atoms with Gasteiger partial charge < -0.3 is 5.32 Å². The minimum atomic E-state index is -0.797. The number of carbonyl (C=O) groups is 1. The van der Waals surface area contributed by atoms with Gasteiger partial charge in [-0.3, -0.25) is 9.89 Å². The minimum Gasteiger partial charge on any atom is -0.307 e. The van der Waals surface area contributed by atoms with Crippen molar-refractivity contribution in [1.82, 2.24) is 15.2 Å². The fourth-order valence-corrected chi connectivity index (χ4v) is 1.07.